The third-order valence-corrected chi connectivity index (χ3v) is 2.21. The average Bonchev–Trinajstić information content (AvgIpc) is 2.37. The van der Waals surface area contributed by atoms with E-state index in [1.807, 2.05) is 0 Å². The molecular weight excluding hydrogens is 244 g/mol. The van der Waals surface area contributed by atoms with Crippen LogP contribution in [-0.2, 0) is 0 Å². The first-order chi connectivity index (χ1) is 8.54. The molecule has 4 N–H and O–H groups in total. The molecule has 0 unspecified atom stereocenters. The van der Waals surface area contributed by atoms with Crippen LogP contribution in [0.4, 0.5) is 8.78 Å². The predicted octanol–water partition coefficient (Wildman–Crippen LogP) is 1.22. The summed E-state index contributed by atoms with van der Waals surface area (Å²) in [6.07, 6.45) is 0.805. The number of amidine groups is 1. The second-order valence-electron chi connectivity index (χ2n) is 3.58. The number of nitrogens with zero attached hydrogens (tertiary/aromatic N) is 1. The van der Waals surface area contributed by atoms with Crippen LogP contribution in [0.3, 0.4) is 0 Å². The summed E-state index contributed by atoms with van der Waals surface area (Å²) in [5, 5.41) is 13.6. The van der Waals surface area contributed by atoms with Gasteiger partial charge in [-0.3, -0.25) is 4.79 Å². The molecule has 0 aliphatic carbocycles. The third-order valence-electron chi connectivity index (χ3n) is 2.21. The number of hydrogen-bond donors (Lipinski definition) is 3. The summed E-state index contributed by atoms with van der Waals surface area (Å²) in [6.45, 7) is 0.286. The summed E-state index contributed by atoms with van der Waals surface area (Å²) >= 11 is 0. The Hall–Kier alpha value is -2.18. The van der Waals surface area contributed by atoms with Gasteiger partial charge in [0.25, 0.3) is 5.91 Å². The lowest BCUT2D eigenvalue weighted by Gasteiger charge is -2.05. The predicted molar refractivity (Wildman–Crippen MR) is 61.3 cm³/mol. The lowest BCUT2D eigenvalue weighted by Crippen LogP contribution is -2.25. The van der Waals surface area contributed by atoms with Gasteiger partial charge in [-0.15, -0.1) is 0 Å². The van der Waals surface area contributed by atoms with Gasteiger partial charge >= 0.3 is 0 Å². The zero-order valence-electron chi connectivity index (χ0n) is 9.49. The summed E-state index contributed by atoms with van der Waals surface area (Å²) in [5.74, 6) is -2.51. The van der Waals surface area contributed by atoms with Crippen molar-refractivity contribution in [2.24, 2.45) is 10.9 Å². The van der Waals surface area contributed by atoms with Crippen LogP contribution in [0.2, 0.25) is 0 Å². The van der Waals surface area contributed by atoms with Crippen molar-refractivity contribution in [1.29, 1.82) is 0 Å². The zero-order valence-corrected chi connectivity index (χ0v) is 9.49. The van der Waals surface area contributed by atoms with Gasteiger partial charge in [0.15, 0.2) is 11.6 Å². The van der Waals surface area contributed by atoms with E-state index in [9.17, 15) is 13.6 Å². The van der Waals surface area contributed by atoms with Crippen molar-refractivity contribution in [3.63, 3.8) is 0 Å². The molecular formula is C11H13F2N3O2. The molecule has 0 aromatic heterocycles. The molecule has 0 radical (unpaired) electrons. The maximum atomic E-state index is 12.9. The molecule has 1 rings (SSSR count). The second kappa shape index (κ2) is 6.53. The van der Waals surface area contributed by atoms with Gasteiger partial charge in [-0.2, -0.15) is 0 Å². The highest BCUT2D eigenvalue weighted by Gasteiger charge is 2.08. The van der Waals surface area contributed by atoms with E-state index in [1.54, 1.807) is 0 Å². The molecule has 0 saturated heterocycles. The first kappa shape index (κ1) is 13.9. The van der Waals surface area contributed by atoms with E-state index in [0.717, 1.165) is 12.1 Å². The number of carbonyl (C=O) groups excluding carboxylic acids is 1. The second-order valence-corrected chi connectivity index (χ2v) is 3.58. The molecule has 0 fully saturated rings. The SMILES string of the molecule is NC(CCCNC(=O)c1ccc(F)c(F)c1)=NO. The number of nitrogens with two attached hydrogens (primary N) is 1. The standard InChI is InChI=1S/C11H13F2N3O2/c12-8-4-3-7(6-9(8)13)11(17)15-5-1-2-10(14)16-18/h3-4,6,18H,1-2,5H2,(H2,14,16)(H,15,17). The quantitative estimate of drug-likeness (QED) is 0.244. The molecule has 0 aliphatic heterocycles. The Balaban J connectivity index is 2.43. The smallest absolute Gasteiger partial charge is 0.251 e. The van der Waals surface area contributed by atoms with Gasteiger partial charge < -0.3 is 16.3 Å². The largest absolute Gasteiger partial charge is 0.409 e. The highest BCUT2D eigenvalue weighted by Crippen LogP contribution is 2.08. The van der Waals surface area contributed by atoms with E-state index in [2.05, 4.69) is 10.5 Å². The van der Waals surface area contributed by atoms with E-state index < -0.39 is 17.5 Å². The van der Waals surface area contributed by atoms with E-state index in [0.29, 0.717) is 12.8 Å². The summed E-state index contributed by atoms with van der Waals surface area (Å²) in [4.78, 5) is 11.5. The minimum atomic E-state index is -1.07. The highest BCUT2D eigenvalue weighted by atomic mass is 19.2. The summed E-state index contributed by atoms with van der Waals surface area (Å²) in [5.41, 5.74) is 5.27. The summed E-state index contributed by atoms with van der Waals surface area (Å²) in [7, 11) is 0. The Morgan fingerprint density at radius 2 is 2.11 bits per heavy atom. The summed E-state index contributed by atoms with van der Waals surface area (Å²) < 4.78 is 25.5. The molecule has 7 heteroatoms. The summed E-state index contributed by atoms with van der Waals surface area (Å²) in [6, 6.07) is 2.91. The van der Waals surface area contributed by atoms with E-state index in [4.69, 9.17) is 10.9 Å². The topological polar surface area (TPSA) is 87.7 Å². The third kappa shape index (κ3) is 4.00. The molecule has 98 valence electrons. The number of rotatable bonds is 5. The first-order valence-electron chi connectivity index (χ1n) is 5.24. The number of halogens is 2. The fraction of sp³-hybridized carbons (Fsp3) is 0.273. The van der Waals surface area contributed by atoms with Crippen molar-refractivity contribution in [3.05, 3.63) is 35.4 Å². The van der Waals surface area contributed by atoms with Crippen molar-refractivity contribution in [1.82, 2.24) is 5.32 Å². The Morgan fingerprint density at radius 1 is 1.39 bits per heavy atom. The molecule has 0 saturated carbocycles. The van der Waals surface area contributed by atoms with Crippen LogP contribution in [0.5, 0.6) is 0 Å². The van der Waals surface area contributed by atoms with E-state index >= 15 is 0 Å². The van der Waals surface area contributed by atoms with Crippen LogP contribution in [-0.4, -0.2) is 23.5 Å². The molecule has 1 amide bonds. The Labute approximate surface area is 102 Å². The van der Waals surface area contributed by atoms with Crippen molar-refractivity contribution in [2.45, 2.75) is 12.8 Å². The molecule has 5 nitrogen and oxygen atoms in total. The van der Waals surface area contributed by atoms with Crippen molar-refractivity contribution < 1.29 is 18.8 Å². The number of nitrogens with one attached hydrogen (secondary N) is 1. The minimum absolute atomic E-state index is 0.0395. The Kier molecular flexibility index (Phi) is 5.04. The van der Waals surface area contributed by atoms with Gasteiger partial charge in [0.2, 0.25) is 0 Å². The molecule has 0 heterocycles. The average molecular weight is 257 g/mol. The van der Waals surface area contributed by atoms with Crippen LogP contribution >= 0.6 is 0 Å². The maximum Gasteiger partial charge on any atom is 0.251 e. The van der Waals surface area contributed by atoms with Crippen LogP contribution in [0.1, 0.15) is 23.2 Å². The lowest BCUT2D eigenvalue weighted by molar-refractivity contribution is 0.0953. The van der Waals surface area contributed by atoms with Crippen LogP contribution in [0.25, 0.3) is 0 Å². The van der Waals surface area contributed by atoms with Gasteiger partial charge in [0.1, 0.15) is 5.84 Å². The van der Waals surface area contributed by atoms with Gasteiger partial charge in [0, 0.05) is 18.5 Å². The minimum Gasteiger partial charge on any atom is -0.409 e. The van der Waals surface area contributed by atoms with E-state index in [-0.39, 0.29) is 17.9 Å². The van der Waals surface area contributed by atoms with Crippen LogP contribution < -0.4 is 11.1 Å². The fourth-order valence-corrected chi connectivity index (χ4v) is 1.26. The normalized spacial score (nSPS) is 11.3. The number of carbonyl (C=O) groups is 1. The molecule has 0 spiro atoms. The number of amides is 1. The van der Waals surface area contributed by atoms with E-state index in [1.165, 1.54) is 6.07 Å². The van der Waals surface area contributed by atoms with Gasteiger partial charge in [-0.25, -0.2) is 8.78 Å². The fourth-order valence-electron chi connectivity index (χ4n) is 1.26. The van der Waals surface area contributed by atoms with Gasteiger partial charge in [0.05, 0.1) is 0 Å². The number of hydrogen-bond acceptors (Lipinski definition) is 3. The van der Waals surface area contributed by atoms with Crippen LogP contribution in [0, 0.1) is 11.6 Å². The zero-order chi connectivity index (χ0) is 13.5. The van der Waals surface area contributed by atoms with Crippen molar-refractivity contribution >= 4 is 11.7 Å². The first-order valence-corrected chi connectivity index (χ1v) is 5.24. The Bertz CT molecular complexity index is 464. The van der Waals surface area contributed by atoms with Crippen molar-refractivity contribution in [2.75, 3.05) is 6.54 Å². The molecule has 0 aliphatic rings. The van der Waals surface area contributed by atoms with Gasteiger partial charge in [-0.05, 0) is 24.6 Å². The van der Waals surface area contributed by atoms with Crippen LogP contribution in [0.15, 0.2) is 23.4 Å². The number of benzene rings is 1. The molecule has 1 aromatic rings. The molecule has 0 atom stereocenters. The van der Waals surface area contributed by atoms with Gasteiger partial charge in [-0.1, -0.05) is 5.16 Å². The van der Waals surface area contributed by atoms with Crippen molar-refractivity contribution in [3.8, 4) is 0 Å². The molecule has 1 aromatic carbocycles. The Morgan fingerprint density at radius 3 is 2.72 bits per heavy atom. The number of oxime groups is 1. The molecule has 18 heavy (non-hydrogen) atoms. The monoisotopic (exact) mass is 257 g/mol. The molecule has 0 bridgehead atoms. The maximum absolute atomic E-state index is 12.9. The lowest BCUT2D eigenvalue weighted by atomic mass is 10.2. The highest BCUT2D eigenvalue weighted by molar-refractivity contribution is 5.94.